The van der Waals surface area contributed by atoms with Gasteiger partial charge in [-0.2, -0.15) is 0 Å². The fourth-order valence-corrected chi connectivity index (χ4v) is 3.66. The van der Waals surface area contributed by atoms with Crippen molar-refractivity contribution in [2.45, 2.75) is 31.7 Å². The molecule has 2 aromatic rings. The van der Waals surface area contributed by atoms with E-state index in [1.807, 2.05) is 54.6 Å². The van der Waals surface area contributed by atoms with E-state index in [-0.39, 0.29) is 17.6 Å². The molecule has 0 aromatic heterocycles. The van der Waals surface area contributed by atoms with Crippen LogP contribution in [0.3, 0.4) is 0 Å². The summed E-state index contributed by atoms with van der Waals surface area (Å²) in [5, 5.41) is 3.02. The van der Waals surface area contributed by atoms with Gasteiger partial charge in [0, 0.05) is 24.1 Å². The van der Waals surface area contributed by atoms with Crippen molar-refractivity contribution < 1.29 is 14.3 Å². The molecule has 2 aliphatic rings. The van der Waals surface area contributed by atoms with Gasteiger partial charge in [0.05, 0.1) is 6.54 Å². The zero-order chi connectivity index (χ0) is 19.3. The second-order valence-electron chi connectivity index (χ2n) is 7.72. The molecule has 0 unspecified atom stereocenters. The Bertz CT molecular complexity index is 816. The summed E-state index contributed by atoms with van der Waals surface area (Å²) < 4.78 is 5.79. The van der Waals surface area contributed by atoms with Crippen LogP contribution in [0.25, 0.3) is 0 Å². The maximum absolute atomic E-state index is 12.9. The standard InChI is InChI=1S/C23H26N2O3/c26-22(24-19-10-11-19)16-25-14-4-5-18(15-25)23(27)17-8-12-21(13-9-17)28-20-6-2-1-3-7-20/h1-3,6-9,12-13,18-19H,4-5,10-11,14-16H2,(H,24,26)/t18-/m1/s1. The van der Waals surface area contributed by atoms with Gasteiger partial charge in [-0.1, -0.05) is 18.2 Å². The van der Waals surface area contributed by atoms with E-state index in [1.165, 1.54) is 0 Å². The van der Waals surface area contributed by atoms with E-state index in [0.717, 1.165) is 38.0 Å². The highest BCUT2D eigenvalue weighted by atomic mass is 16.5. The summed E-state index contributed by atoms with van der Waals surface area (Å²) in [4.78, 5) is 27.1. The SMILES string of the molecule is O=C(CN1CCC[C@@H](C(=O)c2ccc(Oc3ccccc3)cc2)C1)NC1CC1. The first kappa shape index (κ1) is 18.7. The number of hydrogen-bond donors (Lipinski definition) is 1. The molecule has 0 spiro atoms. The summed E-state index contributed by atoms with van der Waals surface area (Å²) in [5.41, 5.74) is 0.703. The van der Waals surface area contributed by atoms with Crippen molar-refractivity contribution in [3.8, 4) is 11.5 Å². The molecular formula is C23H26N2O3. The number of rotatable bonds is 7. The number of ether oxygens (including phenoxy) is 1. The third kappa shape index (κ3) is 4.98. The van der Waals surface area contributed by atoms with Crippen molar-refractivity contribution in [1.29, 1.82) is 0 Å². The number of likely N-dealkylation sites (tertiary alicyclic amines) is 1. The van der Waals surface area contributed by atoms with E-state index >= 15 is 0 Å². The van der Waals surface area contributed by atoms with Crippen LogP contribution in [0.15, 0.2) is 54.6 Å². The molecule has 0 radical (unpaired) electrons. The molecule has 1 saturated heterocycles. The molecule has 4 rings (SSSR count). The van der Waals surface area contributed by atoms with Gasteiger partial charge < -0.3 is 10.1 Å². The molecule has 1 saturated carbocycles. The van der Waals surface area contributed by atoms with E-state index in [9.17, 15) is 9.59 Å². The molecule has 2 fully saturated rings. The van der Waals surface area contributed by atoms with Crippen LogP contribution in [0.2, 0.25) is 0 Å². The molecule has 1 N–H and O–H groups in total. The summed E-state index contributed by atoms with van der Waals surface area (Å²) >= 11 is 0. The number of carbonyl (C=O) groups excluding carboxylic acids is 2. The van der Waals surface area contributed by atoms with E-state index in [2.05, 4.69) is 10.2 Å². The molecule has 1 atom stereocenters. The number of carbonyl (C=O) groups is 2. The average Bonchev–Trinajstić information content (AvgIpc) is 3.53. The normalized spacial score (nSPS) is 19.8. The first-order valence-electron chi connectivity index (χ1n) is 10.1. The minimum Gasteiger partial charge on any atom is -0.457 e. The van der Waals surface area contributed by atoms with E-state index in [0.29, 0.717) is 30.4 Å². The smallest absolute Gasteiger partial charge is 0.234 e. The molecule has 2 aromatic carbocycles. The summed E-state index contributed by atoms with van der Waals surface area (Å²) in [7, 11) is 0. The number of nitrogens with zero attached hydrogens (tertiary/aromatic N) is 1. The number of hydrogen-bond acceptors (Lipinski definition) is 4. The van der Waals surface area contributed by atoms with Crippen molar-refractivity contribution in [2.75, 3.05) is 19.6 Å². The third-order valence-electron chi connectivity index (χ3n) is 5.30. The average molecular weight is 378 g/mol. The summed E-state index contributed by atoms with van der Waals surface area (Å²) in [6, 6.07) is 17.3. The minimum atomic E-state index is -0.0524. The van der Waals surface area contributed by atoms with Crippen molar-refractivity contribution in [1.82, 2.24) is 10.2 Å². The second-order valence-corrected chi connectivity index (χ2v) is 7.72. The Balaban J connectivity index is 1.33. The van der Waals surface area contributed by atoms with Crippen LogP contribution in [-0.2, 0) is 4.79 Å². The number of ketones is 1. The van der Waals surface area contributed by atoms with Gasteiger partial charge in [0.2, 0.25) is 5.91 Å². The van der Waals surface area contributed by atoms with Crippen LogP contribution in [0.1, 0.15) is 36.0 Å². The second kappa shape index (κ2) is 8.57. The third-order valence-corrected chi connectivity index (χ3v) is 5.30. The van der Waals surface area contributed by atoms with Gasteiger partial charge in [-0.3, -0.25) is 14.5 Å². The Morgan fingerprint density at radius 3 is 2.39 bits per heavy atom. The molecular weight excluding hydrogens is 352 g/mol. The Morgan fingerprint density at radius 2 is 1.68 bits per heavy atom. The summed E-state index contributed by atoms with van der Waals surface area (Å²) in [5.74, 6) is 1.67. The molecule has 146 valence electrons. The highest BCUT2D eigenvalue weighted by molar-refractivity contribution is 5.98. The predicted octanol–water partition coefficient (Wildman–Crippen LogP) is 3.65. The lowest BCUT2D eigenvalue weighted by Crippen LogP contribution is -2.44. The number of amides is 1. The van der Waals surface area contributed by atoms with Crippen LogP contribution < -0.4 is 10.1 Å². The number of para-hydroxylation sites is 1. The quantitative estimate of drug-likeness (QED) is 0.747. The van der Waals surface area contributed by atoms with Crippen LogP contribution >= 0.6 is 0 Å². The zero-order valence-electron chi connectivity index (χ0n) is 16.0. The predicted molar refractivity (Wildman–Crippen MR) is 108 cm³/mol. The minimum absolute atomic E-state index is 0.0524. The Kier molecular flexibility index (Phi) is 5.72. The van der Waals surface area contributed by atoms with Crippen molar-refractivity contribution in [3.05, 3.63) is 60.2 Å². The van der Waals surface area contributed by atoms with Gasteiger partial charge in [-0.25, -0.2) is 0 Å². The molecule has 1 amide bonds. The number of benzene rings is 2. The molecule has 5 heteroatoms. The molecule has 1 heterocycles. The fourth-order valence-electron chi connectivity index (χ4n) is 3.66. The van der Waals surface area contributed by atoms with Gasteiger partial charge >= 0.3 is 0 Å². The van der Waals surface area contributed by atoms with Gasteiger partial charge in [0.1, 0.15) is 11.5 Å². The van der Waals surface area contributed by atoms with E-state index < -0.39 is 0 Å². The molecule has 1 aliphatic carbocycles. The van der Waals surface area contributed by atoms with Crippen LogP contribution in [-0.4, -0.2) is 42.3 Å². The van der Waals surface area contributed by atoms with Gasteiger partial charge in [0.25, 0.3) is 0 Å². The van der Waals surface area contributed by atoms with Crippen LogP contribution in [0.5, 0.6) is 11.5 Å². The largest absolute Gasteiger partial charge is 0.457 e. The highest BCUT2D eigenvalue weighted by Crippen LogP contribution is 2.25. The van der Waals surface area contributed by atoms with Crippen LogP contribution in [0, 0.1) is 5.92 Å². The van der Waals surface area contributed by atoms with Crippen LogP contribution in [0.4, 0.5) is 0 Å². The Morgan fingerprint density at radius 1 is 0.964 bits per heavy atom. The number of nitrogens with one attached hydrogen (secondary N) is 1. The van der Waals surface area contributed by atoms with Crippen molar-refractivity contribution >= 4 is 11.7 Å². The summed E-state index contributed by atoms with van der Waals surface area (Å²) in [6.45, 7) is 1.93. The highest BCUT2D eigenvalue weighted by Gasteiger charge is 2.29. The maximum atomic E-state index is 12.9. The van der Waals surface area contributed by atoms with Gasteiger partial charge in [-0.15, -0.1) is 0 Å². The zero-order valence-corrected chi connectivity index (χ0v) is 16.0. The lowest BCUT2D eigenvalue weighted by Gasteiger charge is -2.31. The Labute approximate surface area is 165 Å². The van der Waals surface area contributed by atoms with Gasteiger partial charge in [-0.05, 0) is 68.6 Å². The van der Waals surface area contributed by atoms with E-state index in [1.54, 1.807) is 0 Å². The fraction of sp³-hybridized carbons (Fsp3) is 0.391. The number of Topliss-reactive ketones (excluding diaryl/α,β-unsaturated/α-hetero) is 1. The van der Waals surface area contributed by atoms with E-state index in [4.69, 9.17) is 4.74 Å². The van der Waals surface area contributed by atoms with Crippen molar-refractivity contribution in [3.63, 3.8) is 0 Å². The first-order chi connectivity index (χ1) is 13.7. The number of piperidine rings is 1. The topological polar surface area (TPSA) is 58.6 Å². The molecule has 1 aliphatic heterocycles. The lowest BCUT2D eigenvalue weighted by molar-refractivity contribution is -0.122. The lowest BCUT2D eigenvalue weighted by atomic mass is 9.90. The molecule has 28 heavy (non-hydrogen) atoms. The van der Waals surface area contributed by atoms with Gasteiger partial charge in [0.15, 0.2) is 5.78 Å². The monoisotopic (exact) mass is 378 g/mol. The summed E-state index contributed by atoms with van der Waals surface area (Å²) in [6.07, 6.45) is 4.01. The first-order valence-corrected chi connectivity index (χ1v) is 10.1. The molecule has 5 nitrogen and oxygen atoms in total. The Hall–Kier alpha value is -2.66. The maximum Gasteiger partial charge on any atom is 0.234 e. The molecule has 0 bridgehead atoms. The van der Waals surface area contributed by atoms with Crippen molar-refractivity contribution in [2.24, 2.45) is 5.92 Å².